The Morgan fingerprint density at radius 1 is 0.750 bits per heavy atom. The molecule has 3 aromatic rings. The van der Waals surface area contributed by atoms with E-state index in [-0.39, 0.29) is 0 Å². The molecule has 162 valence electrons. The van der Waals surface area contributed by atoms with Gasteiger partial charge in [0.2, 0.25) is 0 Å². The lowest BCUT2D eigenvalue weighted by Crippen LogP contribution is -2.02. The van der Waals surface area contributed by atoms with Gasteiger partial charge in [-0.2, -0.15) is 0 Å². The second-order valence-corrected chi connectivity index (χ2v) is 7.87. The van der Waals surface area contributed by atoms with Crippen molar-refractivity contribution in [2.75, 3.05) is 0 Å². The SMILES string of the molecule is C=CC(=O)Oc1ccc(C#Cc2ccc(CCc3ccc(CCCCC)cc3)cc2)cc1. The van der Waals surface area contributed by atoms with Crippen LogP contribution < -0.4 is 4.74 Å². The van der Waals surface area contributed by atoms with Crippen molar-refractivity contribution in [1.29, 1.82) is 0 Å². The first-order valence-electron chi connectivity index (χ1n) is 11.3. The van der Waals surface area contributed by atoms with E-state index < -0.39 is 5.97 Å². The van der Waals surface area contributed by atoms with E-state index in [9.17, 15) is 4.79 Å². The van der Waals surface area contributed by atoms with Crippen LogP contribution in [0.2, 0.25) is 0 Å². The molecule has 0 aliphatic heterocycles. The molecule has 0 atom stereocenters. The Morgan fingerprint density at radius 3 is 1.72 bits per heavy atom. The lowest BCUT2D eigenvalue weighted by atomic mass is 10.0. The maximum Gasteiger partial charge on any atom is 0.335 e. The van der Waals surface area contributed by atoms with E-state index in [2.05, 4.69) is 73.9 Å². The van der Waals surface area contributed by atoms with E-state index in [1.807, 2.05) is 12.1 Å². The van der Waals surface area contributed by atoms with Crippen LogP contribution in [0.3, 0.4) is 0 Å². The Morgan fingerprint density at radius 2 is 1.22 bits per heavy atom. The van der Waals surface area contributed by atoms with E-state index in [0.29, 0.717) is 5.75 Å². The van der Waals surface area contributed by atoms with Crippen molar-refractivity contribution in [3.05, 3.63) is 113 Å². The second kappa shape index (κ2) is 12.3. The third-order valence-electron chi connectivity index (χ3n) is 5.34. The summed E-state index contributed by atoms with van der Waals surface area (Å²) in [4.78, 5) is 11.2. The molecule has 2 nitrogen and oxygen atoms in total. The zero-order valence-electron chi connectivity index (χ0n) is 18.8. The normalized spacial score (nSPS) is 10.2. The second-order valence-electron chi connectivity index (χ2n) is 7.87. The standard InChI is InChI=1S/C30H30O2/c1-3-5-6-7-24-8-10-25(11-9-24)12-13-26-14-16-27(17-15-26)18-19-28-20-22-29(23-21-28)32-30(31)4-2/h4,8-11,14-17,20-23H,2-3,5-7,12-13H2,1H3. The van der Waals surface area contributed by atoms with E-state index in [0.717, 1.165) is 30.0 Å². The summed E-state index contributed by atoms with van der Waals surface area (Å²) in [6, 6.07) is 24.7. The number of unbranched alkanes of at least 4 members (excludes halogenated alkanes) is 2. The quantitative estimate of drug-likeness (QED) is 0.126. The van der Waals surface area contributed by atoms with Crippen LogP contribution in [0.4, 0.5) is 0 Å². The van der Waals surface area contributed by atoms with E-state index in [1.165, 1.54) is 42.4 Å². The minimum atomic E-state index is -0.469. The number of hydrogen-bond donors (Lipinski definition) is 0. The van der Waals surface area contributed by atoms with Gasteiger partial charge in [0, 0.05) is 17.2 Å². The maximum atomic E-state index is 11.2. The van der Waals surface area contributed by atoms with Gasteiger partial charge < -0.3 is 4.74 Å². The minimum Gasteiger partial charge on any atom is -0.423 e. The largest absolute Gasteiger partial charge is 0.423 e. The predicted molar refractivity (Wildman–Crippen MR) is 132 cm³/mol. The highest BCUT2D eigenvalue weighted by Crippen LogP contribution is 2.14. The number of ether oxygens (including phenoxy) is 1. The zero-order valence-corrected chi connectivity index (χ0v) is 18.8. The first-order valence-corrected chi connectivity index (χ1v) is 11.3. The Balaban J connectivity index is 1.50. The number of aryl methyl sites for hydroxylation is 3. The number of carbonyl (C=O) groups excluding carboxylic acids is 1. The molecule has 0 radical (unpaired) electrons. The van der Waals surface area contributed by atoms with Crippen molar-refractivity contribution in [2.24, 2.45) is 0 Å². The number of carbonyl (C=O) groups is 1. The molecule has 0 aliphatic carbocycles. The maximum absolute atomic E-state index is 11.2. The topological polar surface area (TPSA) is 26.3 Å². The third-order valence-corrected chi connectivity index (χ3v) is 5.34. The molecule has 0 heterocycles. The molecule has 0 saturated carbocycles. The number of esters is 1. The van der Waals surface area contributed by atoms with Crippen LogP contribution in [0.25, 0.3) is 0 Å². The summed E-state index contributed by atoms with van der Waals surface area (Å²) in [5.74, 6) is 6.35. The van der Waals surface area contributed by atoms with E-state index >= 15 is 0 Å². The van der Waals surface area contributed by atoms with E-state index in [4.69, 9.17) is 4.74 Å². The lowest BCUT2D eigenvalue weighted by molar-refractivity contribution is -0.128. The Kier molecular flexibility index (Phi) is 8.90. The van der Waals surface area contributed by atoms with Gasteiger partial charge in [0.25, 0.3) is 0 Å². The van der Waals surface area contributed by atoms with Crippen LogP contribution in [0.1, 0.15) is 54.0 Å². The summed E-state index contributed by atoms with van der Waals surface area (Å²) in [5.41, 5.74) is 5.99. The molecular formula is C30H30O2. The van der Waals surface area contributed by atoms with Gasteiger partial charge in [-0.05, 0) is 78.8 Å². The molecule has 0 amide bonds. The van der Waals surface area contributed by atoms with Gasteiger partial charge in [0.1, 0.15) is 5.75 Å². The first kappa shape index (κ1) is 23.1. The van der Waals surface area contributed by atoms with Crippen LogP contribution in [-0.4, -0.2) is 5.97 Å². The van der Waals surface area contributed by atoms with Gasteiger partial charge in [0.05, 0.1) is 0 Å². The van der Waals surface area contributed by atoms with Crippen molar-refractivity contribution in [1.82, 2.24) is 0 Å². The smallest absolute Gasteiger partial charge is 0.335 e. The van der Waals surface area contributed by atoms with Crippen LogP contribution >= 0.6 is 0 Å². The molecule has 3 rings (SSSR count). The summed E-state index contributed by atoms with van der Waals surface area (Å²) >= 11 is 0. The van der Waals surface area contributed by atoms with Gasteiger partial charge in [0.15, 0.2) is 0 Å². The van der Waals surface area contributed by atoms with Crippen molar-refractivity contribution in [3.63, 3.8) is 0 Å². The fourth-order valence-corrected chi connectivity index (χ4v) is 3.40. The van der Waals surface area contributed by atoms with E-state index in [1.54, 1.807) is 12.1 Å². The summed E-state index contributed by atoms with van der Waals surface area (Å²) < 4.78 is 5.07. The van der Waals surface area contributed by atoms with Crippen molar-refractivity contribution >= 4 is 5.97 Å². The highest BCUT2D eigenvalue weighted by Gasteiger charge is 2.00. The van der Waals surface area contributed by atoms with Crippen molar-refractivity contribution in [2.45, 2.75) is 45.4 Å². The van der Waals surface area contributed by atoms with Crippen LogP contribution in [0.15, 0.2) is 85.5 Å². The van der Waals surface area contributed by atoms with Gasteiger partial charge in [-0.15, -0.1) is 0 Å². The molecule has 0 bridgehead atoms. The van der Waals surface area contributed by atoms with Crippen LogP contribution in [0, 0.1) is 11.8 Å². The van der Waals surface area contributed by atoms with Crippen molar-refractivity contribution < 1.29 is 9.53 Å². The predicted octanol–water partition coefficient (Wildman–Crippen LogP) is 6.70. The van der Waals surface area contributed by atoms with Gasteiger partial charge in [-0.1, -0.05) is 74.6 Å². The lowest BCUT2D eigenvalue weighted by Gasteiger charge is -2.05. The summed E-state index contributed by atoms with van der Waals surface area (Å²) in [7, 11) is 0. The molecule has 0 spiro atoms. The molecule has 0 aromatic heterocycles. The molecular weight excluding hydrogens is 392 g/mol. The minimum absolute atomic E-state index is 0.469. The van der Waals surface area contributed by atoms with Crippen LogP contribution in [0.5, 0.6) is 5.75 Å². The average molecular weight is 423 g/mol. The molecule has 0 unspecified atom stereocenters. The summed E-state index contributed by atoms with van der Waals surface area (Å²) in [6.07, 6.45) is 8.25. The van der Waals surface area contributed by atoms with Crippen molar-refractivity contribution in [3.8, 4) is 17.6 Å². The molecule has 3 aromatic carbocycles. The third kappa shape index (κ3) is 7.60. The molecule has 0 saturated heterocycles. The monoisotopic (exact) mass is 422 g/mol. The molecule has 0 N–H and O–H groups in total. The average Bonchev–Trinajstić information content (AvgIpc) is 2.84. The number of rotatable bonds is 9. The highest BCUT2D eigenvalue weighted by atomic mass is 16.5. The Hall–Kier alpha value is -3.57. The Labute approximate surface area is 192 Å². The first-order chi connectivity index (χ1) is 15.7. The fraction of sp³-hybridized carbons (Fsp3) is 0.233. The zero-order chi connectivity index (χ0) is 22.6. The molecule has 0 aliphatic rings. The number of benzene rings is 3. The summed E-state index contributed by atoms with van der Waals surface area (Å²) in [5, 5.41) is 0. The fourth-order valence-electron chi connectivity index (χ4n) is 3.40. The highest BCUT2D eigenvalue weighted by molar-refractivity contribution is 5.83. The molecule has 2 heteroatoms. The van der Waals surface area contributed by atoms with Gasteiger partial charge in [-0.25, -0.2) is 4.79 Å². The molecule has 32 heavy (non-hydrogen) atoms. The van der Waals surface area contributed by atoms with Gasteiger partial charge >= 0.3 is 5.97 Å². The number of hydrogen-bond acceptors (Lipinski definition) is 2. The molecule has 0 fully saturated rings. The summed E-state index contributed by atoms with van der Waals surface area (Å²) in [6.45, 7) is 5.63. The Bertz CT molecular complexity index is 1060. The van der Waals surface area contributed by atoms with Gasteiger partial charge in [-0.3, -0.25) is 0 Å². The van der Waals surface area contributed by atoms with Crippen LogP contribution in [-0.2, 0) is 24.1 Å².